The van der Waals surface area contributed by atoms with Crippen molar-refractivity contribution in [1.82, 2.24) is 9.88 Å². The highest BCUT2D eigenvalue weighted by atomic mass is 79.9. The molecule has 0 spiro atoms. The Kier molecular flexibility index (Phi) is 5.60. The standard InChI is InChI=1S/C13H19BrN2O3/c1-5-8(2)11(13(18)19-4)15-12(17)10-6-9(14)7-16(10)3/h6-8,11H,5H2,1-4H3,(H,15,17). The summed E-state index contributed by atoms with van der Waals surface area (Å²) in [7, 11) is 3.10. The molecular formula is C13H19BrN2O3. The Labute approximate surface area is 121 Å². The number of amides is 1. The molecule has 0 aliphatic carbocycles. The van der Waals surface area contributed by atoms with Crippen LogP contribution >= 0.6 is 15.9 Å². The molecule has 0 saturated heterocycles. The third-order valence-corrected chi connectivity index (χ3v) is 3.59. The van der Waals surface area contributed by atoms with E-state index in [-0.39, 0.29) is 11.8 Å². The normalized spacial score (nSPS) is 13.7. The summed E-state index contributed by atoms with van der Waals surface area (Å²) >= 11 is 3.31. The van der Waals surface area contributed by atoms with Crippen LogP contribution in [0.2, 0.25) is 0 Å². The van der Waals surface area contributed by atoms with Crippen LogP contribution in [0.3, 0.4) is 0 Å². The zero-order valence-electron chi connectivity index (χ0n) is 11.6. The number of halogens is 1. The van der Waals surface area contributed by atoms with Crippen LogP contribution in [0.25, 0.3) is 0 Å². The minimum absolute atomic E-state index is 0.0140. The molecule has 1 heterocycles. The van der Waals surface area contributed by atoms with Crippen LogP contribution < -0.4 is 5.32 Å². The molecule has 0 saturated carbocycles. The number of nitrogens with zero attached hydrogens (tertiary/aromatic N) is 1. The molecule has 1 aromatic rings. The number of methoxy groups -OCH3 is 1. The third-order valence-electron chi connectivity index (χ3n) is 3.16. The molecule has 1 N–H and O–H groups in total. The molecule has 0 aliphatic heterocycles. The van der Waals surface area contributed by atoms with E-state index in [0.29, 0.717) is 5.69 Å². The first-order valence-corrected chi connectivity index (χ1v) is 6.90. The highest BCUT2D eigenvalue weighted by molar-refractivity contribution is 9.10. The Morgan fingerprint density at radius 1 is 1.53 bits per heavy atom. The number of hydrogen-bond acceptors (Lipinski definition) is 3. The number of aryl methyl sites for hydroxylation is 1. The summed E-state index contributed by atoms with van der Waals surface area (Å²) in [6.07, 6.45) is 2.56. The lowest BCUT2D eigenvalue weighted by Gasteiger charge is -2.21. The molecule has 2 atom stereocenters. The monoisotopic (exact) mass is 330 g/mol. The van der Waals surface area contributed by atoms with E-state index in [2.05, 4.69) is 21.2 Å². The predicted octanol–water partition coefficient (Wildman–Crippen LogP) is 2.11. The topological polar surface area (TPSA) is 60.3 Å². The van der Waals surface area contributed by atoms with Gasteiger partial charge in [-0.25, -0.2) is 4.79 Å². The van der Waals surface area contributed by atoms with Gasteiger partial charge in [0.1, 0.15) is 11.7 Å². The molecule has 0 radical (unpaired) electrons. The van der Waals surface area contributed by atoms with E-state index >= 15 is 0 Å². The van der Waals surface area contributed by atoms with Crippen LogP contribution in [0, 0.1) is 5.92 Å². The van der Waals surface area contributed by atoms with Gasteiger partial charge in [-0.05, 0) is 27.9 Å². The SMILES string of the molecule is CCC(C)C(NC(=O)c1cc(Br)cn1C)C(=O)OC. The van der Waals surface area contributed by atoms with Gasteiger partial charge in [0, 0.05) is 17.7 Å². The van der Waals surface area contributed by atoms with Crippen molar-refractivity contribution < 1.29 is 14.3 Å². The lowest BCUT2D eigenvalue weighted by Crippen LogP contribution is -2.46. The molecule has 0 aliphatic rings. The van der Waals surface area contributed by atoms with E-state index in [1.165, 1.54) is 7.11 Å². The summed E-state index contributed by atoms with van der Waals surface area (Å²) in [5.74, 6) is -0.694. The minimum atomic E-state index is -0.629. The van der Waals surface area contributed by atoms with Crippen LogP contribution in [0.1, 0.15) is 30.8 Å². The van der Waals surface area contributed by atoms with Gasteiger partial charge in [-0.2, -0.15) is 0 Å². The van der Waals surface area contributed by atoms with E-state index < -0.39 is 12.0 Å². The summed E-state index contributed by atoms with van der Waals surface area (Å²) in [6, 6.07) is 1.08. The van der Waals surface area contributed by atoms with E-state index in [9.17, 15) is 9.59 Å². The molecule has 19 heavy (non-hydrogen) atoms. The molecule has 1 rings (SSSR count). The van der Waals surface area contributed by atoms with Gasteiger partial charge in [0.05, 0.1) is 7.11 Å². The largest absolute Gasteiger partial charge is 0.467 e. The first kappa shape index (κ1) is 15.8. The summed E-state index contributed by atoms with van der Waals surface area (Å²) in [5, 5.41) is 2.73. The zero-order chi connectivity index (χ0) is 14.6. The van der Waals surface area contributed by atoms with Gasteiger partial charge in [-0.15, -0.1) is 0 Å². The summed E-state index contributed by atoms with van der Waals surface area (Å²) in [6.45, 7) is 3.87. The van der Waals surface area contributed by atoms with Crippen LogP contribution in [0.5, 0.6) is 0 Å². The zero-order valence-corrected chi connectivity index (χ0v) is 13.2. The molecule has 2 unspecified atom stereocenters. The van der Waals surface area contributed by atoms with Crippen LogP contribution in [0.4, 0.5) is 0 Å². The lowest BCUT2D eigenvalue weighted by atomic mass is 9.99. The number of hydrogen-bond donors (Lipinski definition) is 1. The highest BCUT2D eigenvalue weighted by Crippen LogP contribution is 2.15. The van der Waals surface area contributed by atoms with Crippen molar-refractivity contribution in [3.05, 3.63) is 22.4 Å². The molecule has 1 aromatic heterocycles. The Balaban J connectivity index is 2.87. The van der Waals surface area contributed by atoms with E-state index in [4.69, 9.17) is 4.74 Å². The van der Waals surface area contributed by atoms with Crippen LogP contribution in [-0.2, 0) is 16.6 Å². The van der Waals surface area contributed by atoms with Gasteiger partial charge in [0.2, 0.25) is 0 Å². The molecule has 5 nitrogen and oxygen atoms in total. The highest BCUT2D eigenvalue weighted by Gasteiger charge is 2.27. The van der Waals surface area contributed by atoms with Gasteiger partial charge in [0.15, 0.2) is 0 Å². The Hall–Kier alpha value is -1.30. The summed E-state index contributed by atoms with van der Waals surface area (Å²) < 4.78 is 7.25. The van der Waals surface area contributed by atoms with E-state index in [1.54, 1.807) is 23.9 Å². The van der Waals surface area contributed by atoms with Crippen molar-refractivity contribution in [2.45, 2.75) is 26.3 Å². The Bertz CT molecular complexity index is 470. The van der Waals surface area contributed by atoms with Gasteiger partial charge in [-0.3, -0.25) is 4.79 Å². The molecule has 106 valence electrons. The van der Waals surface area contributed by atoms with Crippen molar-refractivity contribution in [1.29, 1.82) is 0 Å². The molecule has 0 fully saturated rings. The maximum Gasteiger partial charge on any atom is 0.328 e. The van der Waals surface area contributed by atoms with Crippen LogP contribution in [0.15, 0.2) is 16.7 Å². The van der Waals surface area contributed by atoms with Crippen molar-refractivity contribution in [3.8, 4) is 0 Å². The van der Waals surface area contributed by atoms with E-state index in [1.807, 2.05) is 13.8 Å². The fourth-order valence-corrected chi connectivity index (χ4v) is 2.29. The van der Waals surface area contributed by atoms with Crippen molar-refractivity contribution in [2.75, 3.05) is 7.11 Å². The maximum atomic E-state index is 12.2. The molecule has 1 amide bonds. The Morgan fingerprint density at radius 2 is 2.16 bits per heavy atom. The van der Waals surface area contributed by atoms with Crippen molar-refractivity contribution in [2.24, 2.45) is 13.0 Å². The quantitative estimate of drug-likeness (QED) is 0.841. The van der Waals surface area contributed by atoms with E-state index in [0.717, 1.165) is 10.9 Å². The summed E-state index contributed by atoms with van der Waals surface area (Å²) in [4.78, 5) is 23.9. The number of esters is 1. The molecule has 6 heteroatoms. The predicted molar refractivity (Wildman–Crippen MR) is 75.8 cm³/mol. The fraction of sp³-hybridized carbons (Fsp3) is 0.538. The van der Waals surface area contributed by atoms with Gasteiger partial charge < -0.3 is 14.6 Å². The van der Waals surface area contributed by atoms with Gasteiger partial charge in [0.25, 0.3) is 5.91 Å². The second-order valence-electron chi connectivity index (χ2n) is 4.51. The fourth-order valence-electron chi connectivity index (χ4n) is 1.76. The molecular weight excluding hydrogens is 312 g/mol. The molecule has 0 aromatic carbocycles. The maximum absolute atomic E-state index is 12.2. The third kappa shape index (κ3) is 3.83. The van der Waals surface area contributed by atoms with Gasteiger partial charge in [-0.1, -0.05) is 20.3 Å². The first-order chi connectivity index (χ1) is 8.90. The number of ether oxygens (including phenoxy) is 1. The average molecular weight is 331 g/mol. The van der Waals surface area contributed by atoms with Gasteiger partial charge >= 0.3 is 5.97 Å². The van der Waals surface area contributed by atoms with Crippen molar-refractivity contribution >= 4 is 27.8 Å². The van der Waals surface area contributed by atoms with Crippen LogP contribution in [-0.4, -0.2) is 29.6 Å². The number of carbonyl (C=O) groups excluding carboxylic acids is 2. The smallest absolute Gasteiger partial charge is 0.328 e. The van der Waals surface area contributed by atoms with Crippen molar-refractivity contribution in [3.63, 3.8) is 0 Å². The Morgan fingerprint density at radius 3 is 2.58 bits per heavy atom. The second kappa shape index (κ2) is 6.75. The molecule has 0 bridgehead atoms. The lowest BCUT2D eigenvalue weighted by molar-refractivity contribution is -0.144. The second-order valence-corrected chi connectivity index (χ2v) is 5.43. The number of carbonyl (C=O) groups is 2. The number of nitrogens with one attached hydrogen (secondary N) is 1. The first-order valence-electron chi connectivity index (χ1n) is 6.11. The number of rotatable bonds is 5. The average Bonchev–Trinajstić information content (AvgIpc) is 2.73. The minimum Gasteiger partial charge on any atom is -0.467 e. The number of aromatic nitrogens is 1. The summed E-state index contributed by atoms with van der Waals surface area (Å²) in [5.41, 5.74) is 0.490.